The molecule has 0 atom stereocenters. The Morgan fingerprint density at radius 1 is 1.04 bits per heavy atom. The zero-order valence-electron chi connectivity index (χ0n) is 15.0. The van der Waals surface area contributed by atoms with E-state index in [1.54, 1.807) is 29.6 Å². The summed E-state index contributed by atoms with van der Waals surface area (Å²) in [4.78, 5) is 2.58. The number of benzene rings is 2. The molecule has 1 aliphatic rings. The van der Waals surface area contributed by atoms with Crippen LogP contribution in [0.3, 0.4) is 0 Å². The number of rotatable bonds is 5. The first kappa shape index (κ1) is 19.2. The quantitative estimate of drug-likeness (QED) is 0.781. The minimum Gasteiger partial charge on any atom is -0.496 e. The summed E-state index contributed by atoms with van der Waals surface area (Å²) in [6.45, 7) is 5.03. The van der Waals surface area contributed by atoms with Crippen molar-refractivity contribution in [2.75, 3.05) is 33.3 Å². The zero-order valence-corrected chi connectivity index (χ0v) is 16.6. The zero-order chi connectivity index (χ0) is 18.7. The van der Waals surface area contributed by atoms with E-state index in [4.69, 9.17) is 16.3 Å². The molecule has 0 aromatic heterocycles. The van der Waals surface area contributed by atoms with Gasteiger partial charge in [-0.15, -0.1) is 0 Å². The van der Waals surface area contributed by atoms with Crippen molar-refractivity contribution in [1.82, 2.24) is 9.21 Å². The number of halogens is 1. The average molecular weight is 395 g/mol. The topological polar surface area (TPSA) is 49.9 Å². The fourth-order valence-electron chi connectivity index (χ4n) is 3.14. The molecule has 1 saturated heterocycles. The highest BCUT2D eigenvalue weighted by Gasteiger charge is 2.28. The molecule has 1 heterocycles. The maximum absolute atomic E-state index is 12.9. The minimum absolute atomic E-state index is 0.321. The first-order valence-corrected chi connectivity index (χ1v) is 10.3. The van der Waals surface area contributed by atoms with Crippen molar-refractivity contribution in [1.29, 1.82) is 0 Å². The van der Waals surface area contributed by atoms with Gasteiger partial charge < -0.3 is 4.74 Å². The summed E-state index contributed by atoms with van der Waals surface area (Å²) in [5, 5.41) is 0.722. The van der Waals surface area contributed by atoms with Crippen LogP contribution >= 0.6 is 11.6 Å². The van der Waals surface area contributed by atoms with Gasteiger partial charge in [0.1, 0.15) is 5.75 Å². The summed E-state index contributed by atoms with van der Waals surface area (Å²) < 4.78 is 32.6. The molecule has 0 spiro atoms. The molecule has 2 aromatic carbocycles. The molecule has 140 valence electrons. The van der Waals surface area contributed by atoms with Gasteiger partial charge in [0.2, 0.25) is 10.0 Å². The van der Waals surface area contributed by atoms with Crippen LogP contribution in [0.5, 0.6) is 5.75 Å². The highest BCUT2D eigenvalue weighted by atomic mass is 35.5. The third-order valence-corrected chi connectivity index (χ3v) is 6.80. The van der Waals surface area contributed by atoms with Gasteiger partial charge in [-0.25, -0.2) is 8.42 Å². The number of piperazine rings is 1. The molecular formula is C19H23ClN2O3S. The molecule has 0 unspecified atom stereocenters. The van der Waals surface area contributed by atoms with Crippen LogP contribution in [-0.2, 0) is 16.6 Å². The van der Waals surface area contributed by atoms with Crippen LogP contribution in [0.25, 0.3) is 0 Å². The molecule has 1 fully saturated rings. The predicted molar refractivity (Wildman–Crippen MR) is 103 cm³/mol. The number of hydrogen-bond acceptors (Lipinski definition) is 4. The lowest BCUT2D eigenvalue weighted by atomic mass is 10.2. The Morgan fingerprint density at radius 2 is 1.69 bits per heavy atom. The fraction of sp³-hybridized carbons (Fsp3) is 0.368. The van der Waals surface area contributed by atoms with Crippen molar-refractivity contribution in [3.05, 3.63) is 58.6 Å². The van der Waals surface area contributed by atoms with Gasteiger partial charge in [0.25, 0.3) is 0 Å². The van der Waals surface area contributed by atoms with Gasteiger partial charge in [0.05, 0.1) is 12.0 Å². The molecule has 0 radical (unpaired) electrons. The Kier molecular flexibility index (Phi) is 5.87. The summed E-state index contributed by atoms with van der Waals surface area (Å²) >= 11 is 5.92. The second-order valence-corrected chi connectivity index (χ2v) is 8.81. The lowest BCUT2D eigenvalue weighted by Crippen LogP contribution is -2.48. The molecule has 3 rings (SSSR count). The Hall–Kier alpha value is -1.60. The van der Waals surface area contributed by atoms with Crippen LogP contribution in [0, 0.1) is 6.92 Å². The van der Waals surface area contributed by atoms with Crippen LogP contribution in [0.2, 0.25) is 5.02 Å². The number of aryl methyl sites for hydroxylation is 1. The summed E-state index contributed by atoms with van der Waals surface area (Å²) in [7, 11) is -1.90. The van der Waals surface area contributed by atoms with Crippen LogP contribution in [-0.4, -0.2) is 50.9 Å². The van der Waals surface area contributed by atoms with Crippen LogP contribution in [0.4, 0.5) is 0 Å². The molecule has 0 aliphatic carbocycles. The van der Waals surface area contributed by atoms with E-state index in [9.17, 15) is 8.42 Å². The SMILES string of the molecule is COc1ccc(S(=O)(=O)N2CCN(Cc3ccc(Cl)cc3)CC2)cc1C. The first-order chi connectivity index (χ1) is 12.4. The molecule has 26 heavy (non-hydrogen) atoms. The molecule has 0 amide bonds. The molecular weight excluding hydrogens is 372 g/mol. The second-order valence-electron chi connectivity index (χ2n) is 6.44. The Bertz CT molecular complexity index is 861. The van der Waals surface area contributed by atoms with Crippen LogP contribution in [0.1, 0.15) is 11.1 Å². The van der Waals surface area contributed by atoms with Crippen LogP contribution in [0.15, 0.2) is 47.4 Å². The fourth-order valence-corrected chi connectivity index (χ4v) is 4.77. The van der Waals surface area contributed by atoms with Crippen molar-refractivity contribution < 1.29 is 13.2 Å². The van der Waals surface area contributed by atoms with Crippen LogP contribution < -0.4 is 4.74 Å². The van der Waals surface area contributed by atoms with Gasteiger partial charge in [0, 0.05) is 37.7 Å². The van der Waals surface area contributed by atoms with Gasteiger partial charge in [-0.2, -0.15) is 4.31 Å². The maximum Gasteiger partial charge on any atom is 0.243 e. The highest BCUT2D eigenvalue weighted by molar-refractivity contribution is 7.89. The van der Waals surface area contributed by atoms with Gasteiger partial charge in [-0.3, -0.25) is 4.90 Å². The lowest BCUT2D eigenvalue weighted by Gasteiger charge is -2.34. The second kappa shape index (κ2) is 7.96. The third-order valence-electron chi connectivity index (χ3n) is 4.65. The van der Waals surface area contributed by atoms with Crippen molar-refractivity contribution >= 4 is 21.6 Å². The molecule has 0 bridgehead atoms. The number of nitrogens with zero attached hydrogens (tertiary/aromatic N) is 2. The number of methoxy groups -OCH3 is 1. The van der Waals surface area contributed by atoms with E-state index in [0.717, 1.165) is 17.1 Å². The van der Waals surface area contributed by atoms with Gasteiger partial charge in [0.15, 0.2) is 0 Å². The summed E-state index contributed by atoms with van der Waals surface area (Å²) in [6, 6.07) is 12.8. The lowest BCUT2D eigenvalue weighted by molar-refractivity contribution is 0.181. The molecule has 1 aliphatic heterocycles. The average Bonchev–Trinajstić information content (AvgIpc) is 2.64. The standard InChI is InChI=1S/C19H23ClN2O3S/c1-15-13-18(7-8-19(15)25-2)26(23,24)22-11-9-21(10-12-22)14-16-3-5-17(20)6-4-16/h3-8,13H,9-12,14H2,1-2H3. The largest absolute Gasteiger partial charge is 0.496 e. The Balaban J connectivity index is 1.65. The molecule has 0 N–H and O–H groups in total. The third kappa shape index (κ3) is 4.20. The van der Waals surface area contributed by atoms with Gasteiger partial charge >= 0.3 is 0 Å². The minimum atomic E-state index is -3.48. The summed E-state index contributed by atoms with van der Waals surface area (Å²) in [6.07, 6.45) is 0. The Morgan fingerprint density at radius 3 is 2.27 bits per heavy atom. The van der Waals surface area contributed by atoms with Crippen molar-refractivity contribution in [2.45, 2.75) is 18.4 Å². The van der Waals surface area contributed by atoms with Gasteiger partial charge in [-0.1, -0.05) is 23.7 Å². The smallest absolute Gasteiger partial charge is 0.243 e. The molecule has 2 aromatic rings. The monoisotopic (exact) mass is 394 g/mol. The van der Waals surface area contributed by atoms with Crippen molar-refractivity contribution in [3.63, 3.8) is 0 Å². The summed E-state index contributed by atoms with van der Waals surface area (Å²) in [5.74, 6) is 0.691. The Labute approximate surface area is 160 Å². The normalized spacial score (nSPS) is 16.6. The number of ether oxygens (including phenoxy) is 1. The molecule has 7 heteroatoms. The van der Waals surface area contributed by atoms with E-state index in [1.807, 2.05) is 31.2 Å². The van der Waals surface area contributed by atoms with E-state index < -0.39 is 10.0 Å². The maximum atomic E-state index is 12.9. The van der Waals surface area contributed by atoms with E-state index in [0.29, 0.717) is 36.8 Å². The van der Waals surface area contributed by atoms with Crippen molar-refractivity contribution in [2.24, 2.45) is 0 Å². The summed E-state index contributed by atoms with van der Waals surface area (Å²) in [5.41, 5.74) is 1.99. The highest BCUT2D eigenvalue weighted by Crippen LogP contribution is 2.24. The molecule has 5 nitrogen and oxygen atoms in total. The van der Waals surface area contributed by atoms with E-state index in [-0.39, 0.29) is 0 Å². The predicted octanol–water partition coefficient (Wildman–Crippen LogP) is 3.16. The van der Waals surface area contributed by atoms with E-state index in [1.165, 1.54) is 5.56 Å². The van der Waals surface area contributed by atoms with Crippen molar-refractivity contribution in [3.8, 4) is 5.75 Å². The molecule has 0 saturated carbocycles. The first-order valence-electron chi connectivity index (χ1n) is 8.52. The van der Waals surface area contributed by atoms with Gasteiger partial charge in [-0.05, 0) is 48.4 Å². The van der Waals surface area contributed by atoms with E-state index >= 15 is 0 Å². The number of sulfonamides is 1. The number of hydrogen-bond donors (Lipinski definition) is 0. The van der Waals surface area contributed by atoms with E-state index in [2.05, 4.69) is 4.90 Å².